The molecule has 5 nitrogen and oxygen atoms in total. The zero-order chi connectivity index (χ0) is 14.1. The molecule has 0 aromatic heterocycles. The van der Waals surface area contributed by atoms with Gasteiger partial charge in [0, 0.05) is 0 Å². The number of rotatable bonds is 4. The molecule has 5 heteroatoms. The number of ether oxygens (including phenoxy) is 2. The van der Waals surface area contributed by atoms with Crippen LogP contribution in [0.4, 0.5) is 0 Å². The van der Waals surface area contributed by atoms with Crippen LogP contribution in [-0.2, 0) is 19.1 Å². The third-order valence-corrected chi connectivity index (χ3v) is 2.73. The van der Waals surface area contributed by atoms with E-state index in [9.17, 15) is 9.59 Å². The van der Waals surface area contributed by atoms with Crippen molar-refractivity contribution < 1.29 is 19.1 Å². The molecule has 0 aromatic carbocycles. The number of hydrogen-bond acceptors (Lipinski definition) is 4. The van der Waals surface area contributed by atoms with Crippen molar-refractivity contribution in [1.82, 2.24) is 5.32 Å². The molecule has 1 saturated carbocycles. The van der Waals surface area contributed by atoms with Crippen molar-refractivity contribution in [3.63, 3.8) is 0 Å². The molecule has 1 aliphatic heterocycles. The van der Waals surface area contributed by atoms with Crippen LogP contribution in [0.25, 0.3) is 0 Å². The largest absolute Gasteiger partial charge is 0.461 e. The van der Waals surface area contributed by atoms with Crippen LogP contribution in [-0.4, -0.2) is 31.7 Å². The molecule has 1 atom stereocenters. The summed E-state index contributed by atoms with van der Waals surface area (Å²) in [5, 5.41) is 2.43. The minimum Gasteiger partial charge on any atom is -0.461 e. The van der Waals surface area contributed by atoms with Gasteiger partial charge in [-0.1, -0.05) is 19.3 Å². The van der Waals surface area contributed by atoms with E-state index in [4.69, 9.17) is 9.47 Å². The Labute approximate surface area is 114 Å². The number of carbonyl (C=O) groups is 2. The van der Waals surface area contributed by atoms with Gasteiger partial charge < -0.3 is 14.8 Å². The fraction of sp³-hybridized carbons (Fsp3) is 0.714. The van der Waals surface area contributed by atoms with E-state index in [-0.39, 0.29) is 11.8 Å². The first kappa shape index (κ1) is 15.7. The third-order valence-electron chi connectivity index (χ3n) is 2.73. The van der Waals surface area contributed by atoms with E-state index < -0.39 is 5.97 Å². The monoisotopic (exact) mass is 269 g/mol. The zero-order valence-electron chi connectivity index (χ0n) is 11.7. The molecule has 1 N–H and O–H groups in total. The summed E-state index contributed by atoms with van der Waals surface area (Å²) in [7, 11) is 0. The first-order valence-corrected chi connectivity index (χ1v) is 6.90. The molecule has 2 fully saturated rings. The van der Waals surface area contributed by atoms with Crippen LogP contribution in [0.3, 0.4) is 0 Å². The zero-order valence-corrected chi connectivity index (χ0v) is 11.7. The lowest BCUT2D eigenvalue weighted by atomic mass is 10.0. The third kappa shape index (κ3) is 6.38. The predicted octanol–water partition coefficient (Wildman–Crippen LogP) is 1.92. The molecule has 1 aliphatic carbocycles. The maximum Gasteiger partial charge on any atom is 0.354 e. The van der Waals surface area contributed by atoms with Crippen LogP contribution in [0.1, 0.15) is 46.0 Å². The van der Waals surface area contributed by atoms with E-state index in [1.165, 1.54) is 19.3 Å². The van der Waals surface area contributed by atoms with Gasteiger partial charge in [-0.3, -0.25) is 4.79 Å². The highest BCUT2D eigenvalue weighted by molar-refractivity contribution is 5.91. The molecule has 1 saturated heterocycles. The maximum atomic E-state index is 11.6. The molecule has 19 heavy (non-hydrogen) atoms. The topological polar surface area (TPSA) is 64.6 Å². The standard InChI is InChI=1S/C11H17NO4.C3H6/c1-3-15-11(14)10(12-7-13)9-4-5-16-8(2)6-9;1-2-3-1/h7-8H,3-6H2,1-2H3,(H,12,13);1-3H2/b10-9-;/t8-;/m0./s1. The molecular formula is C14H23NO4. The van der Waals surface area contributed by atoms with Crippen molar-refractivity contribution in [2.75, 3.05) is 13.2 Å². The Kier molecular flexibility index (Phi) is 7.18. The number of hydrogen-bond donors (Lipinski definition) is 1. The van der Waals surface area contributed by atoms with Gasteiger partial charge >= 0.3 is 5.97 Å². The SMILES string of the molecule is C1CC1.CCOC(=O)/C(NC=O)=C1\CCO[C@@H](C)C1. The molecule has 2 aliphatic rings. The highest BCUT2D eigenvalue weighted by Crippen LogP contribution is 2.21. The van der Waals surface area contributed by atoms with E-state index in [1.807, 2.05) is 6.92 Å². The minimum atomic E-state index is -0.473. The van der Waals surface area contributed by atoms with E-state index >= 15 is 0 Å². The summed E-state index contributed by atoms with van der Waals surface area (Å²) in [4.78, 5) is 22.1. The average Bonchev–Trinajstić information content (AvgIpc) is 3.24. The van der Waals surface area contributed by atoms with Gasteiger partial charge in [0.15, 0.2) is 0 Å². The van der Waals surface area contributed by atoms with Gasteiger partial charge in [0.25, 0.3) is 0 Å². The molecule has 1 heterocycles. The lowest BCUT2D eigenvalue weighted by molar-refractivity contribution is -0.139. The lowest BCUT2D eigenvalue weighted by Gasteiger charge is -2.23. The Balaban J connectivity index is 0.000000524. The van der Waals surface area contributed by atoms with E-state index in [1.54, 1.807) is 6.92 Å². The number of carbonyl (C=O) groups excluding carboxylic acids is 2. The summed E-state index contributed by atoms with van der Waals surface area (Å²) in [5.41, 5.74) is 1.16. The van der Waals surface area contributed by atoms with Gasteiger partial charge in [-0.15, -0.1) is 0 Å². The molecule has 108 valence electrons. The molecule has 2 rings (SSSR count). The highest BCUT2D eigenvalue weighted by Gasteiger charge is 2.21. The molecule has 0 radical (unpaired) electrons. The lowest BCUT2D eigenvalue weighted by Crippen LogP contribution is -2.27. The molecule has 0 unspecified atom stereocenters. The average molecular weight is 269 g/mol. The number of amides is 1. The second-order valence-corrected chi connectivity index (χ2v) is 4.66. The summed E-state index contributed by atoms with van der Waals surface area (Å²) < 4.78 is 10.3. The van der Waals surface area contributed by atoms with Crippen molar-refractivity contribution in [2.24, 2.45) is 0 Å². The number of esters is 1. The highest BCUT2D eigenvalue weighted by atomic mass is 16.5. The predicted molar refractivity (Wildman–Crippen MR) is 71.4 cm³/mol. The Hall–Kier alpha value is -1.36. The summed E-state index contributed by atoms with van der Waals surface area (Å²) in [5.74, 6) is -0.473. The molecule has 1 amide bonds. The first-order chi connectivity index (χ1) is 9.19. The van der Waals surface area contributed by atoms with Gasteiger partial charge in [-0.05, 0) is 32.3 Å². The smallest absolute Gasteiger partial charge is 0.354 e. The van der Waals surface area contributed by atoms with Gasteiger partial charge in [0.05, 0.1) is 19.3 Å². The van der Waals surface area contributed by atoms with E-state index in [0.717, 1.165) is 5.57 Å². The summed E-state index contributed by atoms with van der Waals surface area (Å²) >= 11 is 0. The molecular weight excluding hydrogens is 246 g/mol. The van der Waals surface area contributed by atoms with Crippen LogP contribution >= 0.6 is 0 Å². The van der Waals surface area contributed by atoms with Crippen molar-refractivity contribution in [3.8, 4) is 0 Å². The molecule has 0 spiro atoms. The molecule has 0 bridgehead atoms. The summed E-state index contributed by atoms with van der Waals surface area (Å²) in [6, 6.07) is 0. The molecule has 0 aromatic rings. The van der Waals surface area contributed by atoms with Crippen LogP contribution in [0.2, 0.25) is 0 Å². The Morgan fingerprint density at radius 1 is 1.47 bits per heavy atom. The second kappa shape index (κ2) is 8.69. The van der Waals surface area contributed by atoms with Crippen LogP contribution < -0.4 is 5.32 Å². The van der Waals surface area contributed by atoms with Crippen molar-refractivity contribution >= 4 is 12.4 Å². The Bertz CT molecular complexity index is 334. The Morgan fingerprint density at radius 2 is 2.16 bits per heavy atom. The summed E-state index contributed by atoms with van der Waals surface area (Å²) in [6.45, 7) is 4.53. The van der Waals surface area contributed by atoms with E-state index in [0.29, 0.717) is 32.5 Å². The van der Waals surface area contributed by atoms with Crippen molar-refractivity contribution in [1.29, 1.82) is 0 Å². The van der Waals surface area contributed by atoms with Gasteiger partial charge in [0.2, 0.25) is 6.41 Å². The van der Waals surface area contributed by atoms with Crippen molar-refractivity contribution in [3.05, 3.63) is 11.3 Å². The maximum absolute atomic E-state index is 11.6. The van der Waals surface area contributed by atoms with Crippen LogP contribution in [0, 0.1) is 0 Å². The van der Waals surface area contributed by atoms with Crippen LogP contribution in [0.5, 0.6) is 0 Å². The van der Waals surface area contributed by atoms with Gasteiger partial charge in [-0.2, -0.15) is 0 Å². The fourth-order valence-corrected chi connectivity index (χ4v) is 1.69. The summed E-state index contributed by atoms with van der Waals surface area (Å²) in [6.07, 6.45) is 6.37. The van der Waals surface area contributed by atoms with E-state index in [2.05, 4.69) is 5.32 Å². The first-order valence-electron chi connectivity index (χ1n) is 6.90. The van der Waals surface area contributed by atoms with Crippen molar-refractivity contribution in [2.45, 2.75) is 52.1 Å². The normalized spacial score (nSPS) is 23.6. The minimum absolute atomic E-state index is 0.0710. The van der Waals surface area contributed by atoms with Crippen LogP contribution in [0.15, 0.2) is 11.3 Å². The van der Waals surface area contributed by atoms with Gasteiger partial charge in [-0.25, -0.2) is 4.79 Å². The number of nitrogens with one attached hydrogen (secondary N) is 1. The van der Waals surface area contributed by atoms with Gasteiger partial charge in [0.1, 0.15) is 5.70 Å². The Morgan fingerprint density at radius 3 is 2.63 bits per heavy atom. The second-order valence-electron chi connectivity index (χ2n) is 4.66. The quantitative estimate of drug-likeness (QED) is 0.481. The fourth-order valence-electron chi connectivity index (χ4n) is 1.69.